The van der Waals surface area contributed by atoms with Crippen molar-refractivity contribution in [3.8, 4) is 5.75 Å². The Hall–Kier alpha value is -1.73. The topological polar surface area (TPSA) is 23.5 Å². The number of fused-ring (bicyclic) bond motifs is 5. The van der Waals surface area contributed by atoms with Gasteiger partial charge in [-0.1, -0.05) is 19.4 Å². The maximum Gasteiger partial charge on any atom is 0.416 e. The summed E-state index contributed by atoms with van der Waals surface area (Å²) in [6.07, 6.45) is 6.34. The third-order valence-electron chi connectivity index (χ3n) is 11.3. The van der Waals surface area contributed by atoms with E-state index in [1.165, 1.54) is 43.2 Å². The van der Waals surface area contributed by atoms with Crippen LogP contribution in [0.1, 0.15) is 93.7 Å². The van der Waals surface area contributed by atoms with Crippen LogP contribution in [0.4, 0.5) is 17.6 Å². The number of thioether (sulfide) groups is 1. The fourth-order valence-electron chi connectivity index (χ4n) is 9.27. The van der Waals surface area contributed by atoms with Gasteiger partial charge in [-0.25, -0.2) is 4.39 Å². The molecular weight excluding hydrogens is 558 g/mol. The van der Waals surface area contributed by atoms with Crippen LogP contribution in [0.5, 0.6) is 5.75 Å². The van der Waals surface area contributed by atoms with Crippen molar-refractivity contribution in [3.63, 3.8) is 0 Å². The number of hydrogen-bond donors (Lipinski definition) is 1. The van der Waals surface area contributed by atoms with Gasteiger partial charge in [0, 0.05) is 16.7 Å². The quantitative estimate of drug-likeness (QED) is 0.228. The Bertz CT molecular complexity index is 1220. The highest BCUT2D eigenvalue weighted by Crippen LogP contribution is 2.62. The number of phenolic OH excluding ortho intramolecular Hbond substituents is 1. The molecule has 0 bridgehead atoms. The molecule has 0 aromatic heterocycles. The van der Waals surface area contributed by atoms with Crippen molar-refractivity contribution in [2.24, 2.45) is 23.2 Å². The van der Waals surface area contributed by atoms with Crippen molar-refractivity contribution in [1.82, 2.24) is 4.90 Å². The van der Waals surface area contributed by atoms with Gasteiger partial charge in [-0.2, -0.15) is 13.2 Å². The van der Waals surface area contributed by atoms with Crippen molar-refractivity contribution in [1.29, 1.82) is 0 Å². The van der Waals surface area contributed by atoms with Crippen LogP contribution in [0.3, 0.4) is 0 Å². The summed E-state index contributed by atoms with van der Waals surface area (Å²) in [7, 11) is 0. The maximum atomic E-state index is 15.7. The number of alkyl halides is 4. The molecule has 42 heavy (non-hydrogen) atoms. The van der Waals surface area contributed by atoms with E-state index in [9.17, 15) is 18.3 Å². The number of nitrogens with zero attached hydrogens (tertiary/aromatic N) is 1. The van der Waals surface area contributed by atoms with E-state index in [0.29, 0.717) is 53.7 Å². The zero-order chi connectivity index (χ0) is 29.5. The predicted molar refractivity (Wildman–Crippen MR) is 162 cm³/mol. The molecule has 3 aliphatic carbocycles. The van der Waals surface area contributed by atoms with Gasteiger partial charge in [0.25, 0.3) is 0 Å². The van der Waals surface area contributed by atoms with E-state index in [4.69, 9.17) is 0 Å². The number of rotatable bonds is 9. The van der Waals surface area contributed by atoms with E-state index in [1.54, 1.807) is 23.9 Å². The third kappa shape index (κ3) is 6.38. The molecule has 7 atom stereocenters. The van der Waals surface area contributed by atoms with Gasteiger partial charge in [-0.3, -0.25) is 4.90 Å². The summed E-state index contributed by atoms with van der Waals surface area (Å²) in [6.45, 7) is 4.38. The summed E-state index contributed by atoms with van der Waals surface area (Å²) in [6, 6.07) is 11.8. The lowest BCUT2D eigenvalue weighted by atomic mass is 9.52. The normalized spacial score (nSPS) is 31.9. The van der Waals surface area contributed by atoms with Gasteiger partial charge in [-0.15, -0.1) is 11.8 Å². The lowest BCUT2D eigenvalue weighted by Gasteiger charge is -2.52. The Morgan fingerprint density at radius 2 is 1.86 bits per heavy atom. The number of phenols is 1. The van der Waals surface area contributed by atoms with E-state index >= 15 is 4.39 Å². The van der Waals surface area contributed by atoms with E-state index < -0.39 is 17.9 Å². The second kappa shape index (κ2) is 12.3. The SMILES string of the molecule is C[C@@]12CCC[C@H]1[C@@H]1[C@H](CC(F)CCCN3CCC[C@H]3CSc3ccc(C(F)(F)F)cc3)Cc3cc(O)ccc3[C@H]1CC2. The highest BCUT2D eigenvalue weighted by atomic mass is 32.2. The molecule has 1 aliphatic heterocycles. The number of likely N-dealkylation sites (tertiary alicyclic amines) is 1. The van der Waals surface area contributed by atoms with Crippen molar-refractivity contribution in [2.75, 3.05) is 18.8 Å². The molecule has 1 N–H and O–H groups in total. The first-order valence-corrected chi connectivity index (χ1v) is 17.1. The van der Waals surface area contributed by atoms with Gasteiger partial charge >= 0.3 is 6.18 Å². The first-order valence-electron chi connectivity index (χ1n) is 16.1. The second-order valence-corrected chi connectivity index (χ2v) is 15.0. The Balaban J connectivity index is 1.03. The number of benzene rings is 2. The summed E-state index contributed by atoms with van der Waals surface area (Å²) >= 11 is 1.62. The predicted octanol–water partition coefficient (Wildman–Crippen LogP) is 9.65. The zero-order valence-corrected chi connectivity index (χ0v) is 25.5. The molecule has 7 heteroatoms. The molecule has 4 aliphatic rings. The van der Waals surface area contributed by atoms with E-state index in [1.807, 2.05) is 12.1 Å². The van der Waals surface area contributed by atoms with Crippen molar-refractivity contribution < 1.29 is 22.7 Å². The molecule has 0 amide bonds. The van der Waals surface area contributed by atoms with Crippen molar-refractivity contribution >= 4 is 11.8 Å². The van der Waals surface area contributed by atoms with Crippen LogP contribution in [0, 0.1) is 23.2 Å². The summed E-state index contributed by atoms with van der Waals surface area (Å²) in [5.74, 6) is 3.23. The minimum Gasteiger partial charge on any atom is -0.508 e. The van der Waals surface area contributed by atoms with Crippen molar-refractivity contribution in [3.05, 3.63) is 59.2 Å². The standard InChI is InChI=1S/C35H45F4NOS/c1-34-15-2-7-32(34)33-24(19-23-21-28(41)10-13-30(23)31(33)14-16-34)20-26(36)5-3-17-40-18-4-6-27(40)22-42-29-11-8-25(9-12-29)35(37,38)39/h8-13,21,24,26-27,31-33,41H,2-7,14-20,22H2,1H3/t24-,26?,27-,31+,32-,33+,34-/m0/s1. The third-order valence-corrected chi connectivity index (χ3v) is 12.5. The van der Waals surface area contributed by atoms with Gasteiger partial charge in [0.2, 0.25) is 0 Å². The van der Waals surface area contributed by atoms with Crippen LogP contribution >= 0.6 is 11.8 Å². The first-order chi connectivity index (χ1) is 20.1. The Morgan fingerprint density at radius 1 is 1.05 bits per heavy atom. The summed E-state index contributed by atoms with van der Waals surface area (Å²) in [4.78, 5) is 3.32. The Labute approximate surface area is 252 Å². The minimum atomic E-state index is -4.31. The van der Waals surface area contributed by atoms with Gasteiger partial charge in [0.1, 0.15) is 11.9 Å². The van der Waals surface area contributed by atoms with Gasteiger partial charge in [0.05, 0.1) is 5.56 Å². The molecular formula is C35H45F4NOS. The Morgan fingerprint density at radius 3 is 2.64 bits per heavy atom. The molecule has 6 rings (SSSR count). The van der Waals surface area contributed by atoms with Crippen LogP contribution in [-0.4, -0.2) is 41.1 Å². The highest BCUT2D eigenvalue weighted by Gasteiger charge is 2.53. The second-order valence-electron chi connectivity index (χ2n) is 13.9. The monoisotopic (exact) mass is 603 g/mol. The number of aromatic hydroxyl groups is 1. The van der Waals surface area contributed by atoms with Crippen LogP contribution in [0.15, 0.2) is 47.4 Å². The molecule has 0 spiro atoms. The lowest BCUT2D eigenvalue weighted by Crippen LogP contribution is -2.44. The van der Waals surface area contributed by atoms with Crippen LogP contribution in [0.25, 0.3) is 0 Å². The lowest BCUT2D eigenvalue weighted by molar-refractivity contribution is -0.137. The molecule has 0 radical (unpaired) electrons. The summed E-state index contributed by atoms with van der Waals surface area (Å²) in [5.41, 5.74) is 2.44. The highest BCUT2D eigenvalue weighted by molar-refractivity contribution is 7.99. The largest absolute Gasteiger partial charge is 0.508 e. The van der Waals surface area contributed by atoms with E-state index in [2.05, 4.69) is 17.9 Å². The van der Waals surface area contributed by atoms with E-state index in [-0.39, 0.29) is 0 Å². The summed E-state index contributed by atoms with van der Waals surface area (Å²) < 4.78 is 54.4. The maximum absolute atomic E-state index is 15.7. The van der Waals surface area contributed by atoms with Gasteiger partial charge in [0.15, 0.2) is 0 Å². The van der Waals surface area contributed by atoms with Gasteiger partial charge < -0.3 is 5.11 Å². The zero-order valence-electron chi connectivity index (χ0n) is 24.7. The first kappa shape index (κ1) is 30.3. The van der Waals surface area contributed by atoms with Gasteiger partial charge in [-0.05, 0) is 154 Å². The molecule has 1 saturated heterocycles. The van der Waals surface area contributed by atoms with Crippen LogP contribution in [-0.2, 0) is 12.6 Å². The molecule has 2 aromatic carbocycles. The van der Waals surface area contributed by atoms with Crippen molar-refractivity contribution in [2.45, 2.75) is 107 Å². The molecule has 2 aromatic rings. The molecule has 1 heterocycles. The average molecular weight is 604 g/mol. The average Bonchev–Trinajstić information content (AvgIpc) is 3.57. The molecule has 2 nitrogen and oxygen atoms in total. The fraction of sp³-hybridized carbons (Fsp3) is 0.657. The smallest absolute Gasteiger partial charge is 0.416 e. The summed E-state index contributed by atoms with van der Waals surface area (Å²) in [5, 5.41) is 10.2. The number of halogens is 4. The van der Waals surface area contributed by atoms with Crippen LogP contribution in [0.2, 0.25) is 0 Å². The molecule has 3 fully saturated rings. The van der Waals surface area contributed by atoms with Crippen LogP contribution < -0.4 is 0 Å². The molecule has 2 saturated carbocycles. The molecule has 1 unspecified atom stereocenters. The minimum absolute atomic E-state index is 0.320. The van der Waals surface area contributed by atoms with E-state index in [0.717, 1.165) is 61.6 Å². The molecule has 230 valence electrons. The number of hydrogen-bond acceptors (Lipinski definition) is 3. The Kier molecular flexibility index (Phi) is 8.90. The fourth-order valence-corrected chi connectivity index (χ4v) is 10.4.